The van der Waals surface area contributed by atoms with Gasteiger partial charge in [-0.05, 0) is 11.6 Å². The maximum Gasteiger partial charge on any atom is 0.336 e. The second-order valence-corrected chi connectivity index (χ2v) is 6.50. The molecule has 2 aromatic rings. The molecule has 11 heteroatoms. The molecule has 0 bridgehead atoms. The third-order valence-corrected chi connectivity index (χ3v) is 4.72. The van der Waals surface area contributed by atoms with Gasteiger partial charge in [-0.3, -0.25) is 25.0 Å². The van der Waals surface area contributed by atoms with Crippen LogP contribution in [0.5, 0.6) is 5.75 Å². The minimum absolute atomic E-state index is 0.00693. The van der Waals surface area contributed by atoms with Crippen LogP contribution in [0.25, 0.3) is 33.4 Å². The van der Waals surface area contributed by atoms with Gasteiger partial charge in [-0.1, -0.05) is 18.2 Å². The van der Waals surface area contributed by atoms with E-state index in [0.29, 0.717) is 0 Å². The summed E-state index contributed by atoms with van der Waals surface area (Å²) in [5, 5.41) is 42.3. The Balaban J connectivity index is 2.28. The molecule has 0 amide bonds. The summed E-state index contributed by atoms with van der Waals surface area (Å²) in [6, 6.07) is 9.47. The molecule has 2 aromatic carbocycles. The number of non-ortho nitro benzene ring substituents is 1. The molecule has 0 aromatic heterocycles. The largest absolute Gasteiger partial charge is 0.502 e. The van der Waals surface area contributed by atoms with E-state index >= 15 is 0 Å². The standard InChI is InChI=1S/C20H10N2O9/c23-15-7-17-11(5-13(15)21(27)28)19(9-3-1-2-4-10(9)20(25)26)12-6-14(22(29)30)16(24)8-18(12)31-17/h1-8,23H,(H,25,26). The Morgan fingerprint density at radius 3 is 2.26 bits per heavy atom. The Bertz CT molecular complexity index is 1460. The Hall–Kier alpha value is -4.80. The van der Waals surface area contributed by atoms with Crippen molar-refractivity contribution in [3.63, 3.8) is 0 Å². The van der Waals surface area contributed by atoms with Crippen molar-refractivity contribution in [1.82, 2.24) is 0 Å². The number of phenolic OH excluding ortho intramolecular Hbond substituents is 1. The van der Waals surface area contributed by atoms with Crippen molar-refractivity contribution in [2.75, 3.05) is 0 Å². The van der Waals surface area contributed by atoms with Crippen LogP contribution in [0.3, 0.4) is 0 Å². The van der Waals surface area contributed by atoms with Gasteiger partial charge in [-0.15, -0.1) is 0 Å². The lowest BCUT2D eigenvalue weighted by Gasteiger charge is -2.16. The highest BCUT2D eigenvalue weighted by Gasteiger charge is 2.27. The number of hydrogen-bond donors (Lipinski definition) is 2. The summed E-state index contributed by atoms with van der Waals surface area (Å²) in [6.07, 6.45) is 0. The highest BCUT2D eigenvalue weighted by Crippen LogP contribution is 2.44. The molecule has 2 N–H and O–H groups in total. The van der Waals surface area contributed by atoms with E-state index in [0.717, 1.165) is 24.3 Å². The first-order valence-corrected chi connectivity index (χ1v) is 8.58. The molecule has 4 rings (SSSR count). The van der Waals surface area contributed by atoms with Gasteiger partial charge in [-0.25, -0.2) is 4.79 Å². The van der Waals surface area contributed by atoms with E-state index in [1.807, 2.05) is 0 Å². The molecule has 154 valence electrons. The van der Waals surface area contributed by atoms with Crippen molar-refractivity contribution in [3.05, 3.63) is 84.5 Å². The van der Waals surface area contributed by atoms with Gasteiger partial charge < -0.3 is 14.6 Å². The number of aromatic carboxylic acids is 1. The van der Waals surface area contributed by atoms with Gasteiger partial charge in [0, 0.05) is 40.8 Å². The fourth-order valence-electron chi connectivity index (χ4n) is 3.40. The molecule has 0 fully saturated rings. The van der Waals surface area contributed by atoms with E-state index in [1.165, 1.54) is 24.3 Å². The zero-order chi connectivity index (χ0) is 22.4. The zero-order valence-electron chi connectivity index (χ0n) is 15.3. The second kappa shape index (κ2) is 6.91. The number of aromatic hydroxyl groups is 1. The zero-order valence-corrected chi connectivity index (χ0v) is 15.3. The summed E-state index contributed by atoms with van der Waals surface area (Å²) in [5.41, 5.74) is -2.48. The van der Waals surface area contributed by atoms with Crippen LogP contribution in [0.2, 0.25) is 0 Å². The average molecular weight is 422 g/mol. The molecule has 0 unspecified atom stereocenters. The van der Waals surface area contributed by atoms with E-state index in [4.69, 9.17) is 4.42 Å². The van der Waals surface area contributed by atoms with Crippen LogP contribution in [0.1, 0.15) is 10.4 Å². The first-order chi connectivity index (χ1) is 14.7. The molecule has 11 nitrogen and oxygen atoms in total. The number of nitro groups is 2. The molecule has 0 radical (unpaired) electrons. The summed E-state index contributed by atoms with van der Waals surface area (Å²) in [4.78, 5) is 44.8. The summed E-state index contributed by atoms with van der Waals surface area (Å²) in [7, 11) is 0. The summed E-state index contributed by atoms with van der Waals surface area (Å²) >= 11 is 0. The maximum absolute atomic E-state index is 12.1. The van der Waals surface area contributed by atoms with E-state index in [-0.39, 0.29) is 39.0 Å². The van der Waals surface area contributed by atoms with Crippen LogP contribution in [-0.2, 0) is 0 Å². The predicted molar refractivity (Wildman–Crippen MR) is 106 cm³/mol. The van der Waals surface area contributed by atoms with Crippen molar-refractivity contribution < 1.29 is 29.3 Å². The minimum atomic E-state index is -1.30. The van der Waals surface area contributed by atoms with Crippen LogP contribution in [0, 0.1) is 20.2 Å². The average Bonchev–Trinajstić information content (AvgIpc) is 2.70. The molecule has 31 heavy (non-hydrogen) atoms. The minimum Gasteiger partial charge on any atom is -0.502 e. The number of fused-ring (bicyclic) bond motifs is 2. The van der Waals surface area contributed by atoms with Gasteiger partial charge >= 0.3 is 17.3 Å². The third-order valence-electron chi connectivity index (χ3n) is 4.72. The molecule has 2 aliphatic rings. The Morgan fingerprint density at radius 1 is 0.935 bits per heavy atom. The maximum atomic E-state index is 12.1. The van der Waals surface area contributed by atoms with Crippen LogP contribution < -0.4 is 5.43 Å². The highest BCUT2D eigenvalue weighted by molar-refractivity contribution is 6.08. The highest BCUT2D eigenvalue weighted by atomic mass is 16.6. The van der Waals surface area contributed by atoms with Crippen LogP contribution in [0.4, 0.5) is 11.4 Å². The molecule has 0 saturated carbocycles. The number of benzene rings is 3. The summed E-state index contributed by atoms with van der Waals surface area (Å²) in [5.74, 6) is -2.13. The molecule has 0 spiro atoms. The van der Waals surface area contributed by atoms with E-state index < -0.39 is 38.4 Å². The van der Waals surface area contributed by atoms with Crippen molar-refractivity contribution >= 4 is 28.3 Å². The monoisotopic (exact) mass is 422 g/mol. The van der Waals surface area contributed by atoms with Crippen molar-refractivity contribution in [2.24, 2.45) is 0 Å². The predicted octanol–water partition coefficient (Wildman–Crippen LogP) is 3.79. The number of hydrogen-bond acceptors (Lipinski definition) is 8. The first kappa shape index (κ1) is 19.5. The lowest BCUT2D eigenvalue weighted by atomic mass is 9.90. The quantitative estimate of drug-likeness (QED) is 0.282. The summed E-state index contributed by atoms with van der Waals surface area (Å²) < 4.78 is 5.59. The smallest absolute Gasteiger partial charge is 0.336 e. The number of nitrogens with zero attached hydrogens (tertiary/aromatic N) is 2. The van der Waals surface area contributed by atoms with Gasteiger partial charge in [0.15, 0.2) is 5.75 Å². The molecule has 0 saturated heterocycles. The van der Waals surface area contributed by atoms with Crippen LogP contribution >= 0.6 is 0 Å². The van der Waals surface area contributed by atoms with Crippen molar-refractivity contribution in [1.29, 1.82) is 0 Å². The normalized spacial score (nSPS) is 11.0. The summed E-state index contributed by atoms with van der Waals surface area (Å²) in [6.45, 7) is 0. The number of nitro benzene ring substituents is 2. The Morgan fingerprint density at radius 2 is 1.61 bits per heavy atom. The number of carboxylic acid groups (broad SMARTS) is 1. The SMILES string of the molecule is O=C(O)c1ccccc1-c1c2cc([N+](=O)[O-])c(=O)cc-2oc2cc(O)c([N+](=O)[O-])cc12. The van der Waals surface area contributed by atoms with E-state index in [9.17, 15) is 40.0 Å². The van der Waals surface area contributed by atoms with Crippen LogP contribution in [0.15, 0.2) is 57.7 Å². The second-order valence-electron chi connectivity index (χ2n) is 6.50. The number of carbonyl (C=O) groups is 1. The molecule has 0 atom stereocenters. The fraction of sp³-hybridized carbons (Fsp3) is 0. The van der Waals surface area contributed by atoms with Crippen LogP contribution in [-0.4, -0.2) is 26.0 Å². The Kier molecular flexibility index (Phi) is 4.35. The lowest BCUT2D eigenvalue weighted by molar-refractivity contribution is -0.386. The third kappa shape index (κ3) is 3.09. The molecule has 1 aliphatic carbocycles. The van der Waals surface area contributed by atoms with Gasteiger partial charge in [-0.2, -0.15) is 0 Å². The number of rotatable bonds is 4. The number of carboxylic acids is 1. The first-order valence-electron chi connectivity index (χ1n) is 8.58. The van der Waals surface area contributed by atoms with Gasteiger partial charge in [0.1, 0.15) is 11.3 Å². The van der Waals surface area contributed by atoms with E-state index in [1.54, 1.807) is 0 Å². The van der Waals surface area contributed by atoms with Gasteiger partial charge in [0.2, 0.25) is 0 Å². The lowest BCUT2D eigenvalue weighted by Crippen LogP contribution is -2.09. The van der Waals surface area contributed by atoms with Gasteiger partial charge in [0.25, 0.3) is 5.43 Å². The Labute approximate surface area is 171 Å². The molecule has 1 heterocycles. The number of phenols is 1. The molecular weight excluding hydrogens is 412 g/mol. The van der Waals surface area contributed by atoms with Gasteiger partial charge in [0.05, 0.1) is 15.4 Å². The van der Waals surface area contributed by atoms with Crippen molar-refractivity contribution in [2.45, 2.75) is 0 Å². The van der Waals surface area contributed by atoms with E-state index in [2.05, 4.69) is 0 Å². The van der Waals surface area contributed by atoms with Crippen molar-refractivity contribution in [3.8, 4) is 28.2 Å². The molecule has 1 aliphatic heterocycles. The fourth-order valence-corrected chi connectivity index (χ4v) is 3.40. The topological polar surface area (TPSA) is 174 Å². The molecular formula is C20H10N2O9.